The number of rotatable bonds is 2. The van der Waals surface area contributed by atoms with Gasteiger partial charge in [0, 0.05) is 25.9 Å². The van der Waals surface area contributed by atoms with Gasteiger partial charge in [-0.05, 0) is 6.92 Å². The van der Waals surface area contributed by atoms with Crippen LogP contribution in [0.15, 0.2) is 0 Å². The number of hydrogen-bond acceptors (Lipinski definition) is 2. The molecule has 0 saturated carbocycles. The number of carbonyl (C=O) groups excluding carboxylic acids is 1. The third-order valence-electron chi connectivity index (χ3n) is 2.30. The Labute approximate surface area is 70.5 Å². The van der Waals surface area contributed by atoms with Gasteiger partial charge in [0.05, 0.1) is 6.04 Å². The molecule has 0 aromatic carbocycles. The Kier molecular flexibility index (Phi) is 3.14. The Hall–Kier alpha value is -0.510. The van der Waals surface area contributed by atoms with E-state index >= 15 is 0 Å². The molecule has 70 valence electrons. The molecular weight excluding hydrogens is 164 g/mol. The minimum Gasteiger partial charge on any atom is -0.300 e. The smallest absolute Gasteiger partial charge is 0.253 e. The first-order chi connectivity index (χ1) is 5.61. The fraction of sp³-hybridized carbons (Fsp3) is 0.875. The van der Waals surface area contributed by atoms with E-state index in [1.807, 2.05) is 0 Å². The molecule has 0 aliphatic carbocycles. The summed E-state index contributed by atoms with van der Waals surface area (Å²) in [4.78, 5) is 12.5. The van der Waals surface area contributed by atoms with Crippen molar-refractivity contribution in [2.24, 2.45) is 0 Å². The molecule has 1 aliphatic rings. The van der Waals surface area contributed by atoms with Crippen molar-refractivity contribution < 1.29 is 13.6 Å². The van der Waals surface area contributed by atoms with E-state index in [9.17, 15) is 13.6 Å². The van der Waals surface area contributed by atoms with E-state index in [0.717, 1.165) is 0 Å². The van der Waals surface area contributed by atoms with Gasteiger partial charge in [0.1, 0.15) is 5.78 Å². The lowest BCUT2D eigenvalue weighted by molar-refractivity contribution is -0.122. The largest absolute Gasteiger partial charge is 0.300 e. The first-order valence-corrected chi connectivity index (χ1v) is 4.15. The van der Waals surface area contributed by atoms with E-state index in [1.54, 1.807) is 4.90 Å². The number of hydrogen-bond donors (Lipinski definition) is 0. The van der Waals surface area contributed by atoms with Crippen LogP contribution in [0.2, 0.25) is 0 Å². The van der Waals surface area contributed by atoms with E-state index in [0.29, 0.717) is 25.9 Å². The third-order valence-corrected chi connectivity index (χ3v) is 2.30. The topological polar surface area (TPSA) is 20.3 Å². The summed E-state index contributed by atoms with van der Waals surface area (Å²) in [7, 11) is 0. The third kappa shape index (κ3) is 2.24. The fourth-order valence-electron chi connectivity index (χ4n) is 1.34. The van der Waals surface area contributed by atoms with Crippen LogP contribution in [0.1, 0.15) is 19.8 Å². The minimum absolute atomic E-state index is 0.188. The van der Waals surface area contributed by atoms with Crippen LogP contribution in [0, 0.1) is 0 Å². The van der Waals surface area contributed by atoms with E-state index in [-0.39, 0.29) is 5.78 Å². The molecule has 0 radical (unpaired) electrons. The lowest BCUT2D eigenvalue weighted by Gasteiger charge is -2.30. The number of Topliss-reactive ketones (excluding diaryl/α,β-unsaturated/α-hetero) is 1. The molecule has 1 unspecified atom stereocenters. The second kappa shape index (κ2) is 3.94. The van der Waals surface area contributed by atoms with E-state index in [4.69, 9.17) is 0 Å². The van der Waals surface area contributed by atoms with Crippen LogP contribution in [0.25, 0.3) is 0 Å². The highest BCUT2D eigenvalue weighted by atomic mass is 19.3. The van der Waals surface area contributed by atoms with Crippen molar-refractivity contribution in [3.8, 4) is 0 Å². The zero-order valence-corrected chi connectivity index (χ0v) is 7.09. The van der Waals surface area contributed by atoms with E-state index in [2.05, 4.69) is 0 Å². The molecule has 0 N–H and O–H groups in total. The van der Waals surface area contributed by atoms with Gasteiger partial charge in [-0.2, -0.15) is 0 Å². The number of alkyl halides is 2. The molecule has 1 rings (SSSR count). The predicted molar refractivity (Wildman–Crippen MR) is 41.3 cm³/mol. The molecule has 0 amide bonds. The van der Waals surface area contributed by atoms with Crippen molar-refractivity contribution in [2.75, 3.05) is 13.1 Å². The lowest BCUT2D eigenvalue weighted by Crippen LogP contribution is -2.43. The Balaban J connectivity index is 2.38. The maximum absolute atomic E-state index is 12.2. The van der Waals surface area contributed by atoms with Gasteiger partial charge in [-0.25, -0.2) is 8.78 Å². The molecule has 12 heavy (non-hydrogen) atoms. The maximum atomic E-state index is 12.2. The van der Waals surface area contributed by atoms with Crippen molar-refractivity contribution in [1.82, 2.24) is 4.90 Å². The highest BCUT2D eigenvalue weighted by Crippen LogP contribution is 2.14. The van der Waals surface area contributed by atoms with Crippen molar-refractivity contribution in [2.45, 2.75) is 32.2 Å². The zero-order chi connectivity index (χ0) is 9.14. The number of carbonyl (C=O) groups is 1. The summed E-state index contributed by atoms with van der Waals surface area (Å²) in [6.07, 6.45) is -1.45. The predicted octanol–water partition coefficient (Wildman–Crippen LogP) is 1.30. The number of likely N-dealkylation sites (tertiary alicyclic amines) is 1. The van der Waals surface area contributed by atoms with Crippen LogP contribution < -0.4 is 0 Å². The van der Waals surface area contributed by atoms with Gasteiger partial charge in [-0.3, -0.25) is 9.69 Å². The van der Waals surface area contributed by atoms with Crippen molar-refractivity contribution in [3.05, 3.63) is 0 Å². The molecule has 0 spiro atoms. The van der Waals surface area contributed by atoms with Gasteiger partial charge in [0.2, 0.25) is 0 Å². The molecule has 0 aromatic heterocycles. The standard InChI is InChI=1S/C8H13F2NO/c1-6(8(9)10)11-4-2-7(12)3-5-11/h6,8H,2-5H2,1H3. The minimum atomic E-state index is -2.31. The molecule has 1 atom stereocenters. The molecule has 0 aromatic rings. The van der Waals surface area contributed by atoms with Crippen LogP contribution in [0.3, 0.4) is 0 Å². The average molecular weight is 177 g/mol. The number of halogens is 2. The van der Waals surface area contributed by atoms with Gasteiger partial charge < -0.3 is 0 Å². The SMILES string of the molecule is CC(C(F)F)N1CCC(=O)CC1. The Morgan fingerprint density at radius 3 is 2.25 bits per heavy atom. The van der Waals surface area contributed by atoms with Crippen LogP contribution in [0.5, 0.6) is 0 Å². The first-order valence-electron chi connectivity index (χ1n) is 4.15. The Morgan fingerprint density at radius 1 is 1.33 bits per heavy atom. The van der Waals surface area contributed by atoms with Crippen LogP contribution >= 0.6 is 0 Å². The highest BCUT2D eigenvalue weighted by molar-refractivity contribution is 5.79. The second-order valence-electron chi connectivity index (χ2n) is 3.15. The number of ketones is 1. The zero-order valence-electron chi connectivity index (χ0n) is 7.09. The van der Waals surface area contributed by atoms with Gasteiger partial charge in [0.15, 0.2) is 0 Å². The second-order valence-corrected chi connectivity index (χ2v) is 3.15. The fourth-order valence-corrected chi connectivity index (χ4v) is 1.34. The molecular formula is C8H13F2NO. The molecule has 0 bridgehead atoms. The number of nitrogens with zero attached hydrogens (tertiary/aromatic N) is 1. The van der Waals surface area contributed by atoms with Crippen LogP contribution in [0.4, 0.5) is 8.78 Å². The summed E-state index contributed by atoms with van der Waals surface area (Å²) < 4.78 is 24.4. The maximum Gasteiger partial charge on any atom is 0.253 e. The molecule has 1 aliphatic heterocycles. The molecule has 1 fully saturated rings. The van der Waals surface area contributed by atoms with Gasteiger partial charge in [-0.1, -0.05) is 0 Å². The molecule has 1 heterocycles. The summed E-state index contributed by atoms with van der Waals surface area (Å²) in [5.41, 5.74) is 0. The number of piperidine rings is 1. The van der Waals surface area contributed by atoms with Gasteiger partial charge in [0.25, 0.3) is 6.43 Å². The highest BCUT2D eigenvalue weighted by Gasteiger charge is 2.26. The van der Waals surface area contributed by atoms with Crippen LogP contribution in [-0.2, 0) is 4.79 Å². The molecule has 1 saturated heterocycles. The van der Waals surface area contributed by atoms with Crippen molar-refractivity contribution >= 4 is 5.78 Å². The lowest BCUT2D eigenvalue weighted by atomic mass is 10.1. The summed E-state index contributed by atoms with van der Waals surface area (Å²) in [5.74, 6) is 0.188. The summed E-state index contributed by atoms with van der Waals surface area (Å²) >= 11 is 0. The summed E-state index contributed by atoms with van der Waals surface area (Å²) in [6, 6.07) is -0.710. The van der Waals surface area contributed by atoms with Crippen molar-refractivity contribution in [3.63, 3.8) is 0 Å². The quantitative estimate of drug-likeness (QED) is 0.633. The van der Waals surface area contributed by atoms with Gasteiger partial charge >= 0.3 is 0 Å². The first kappa shape index (κ1) is 9.58. The monoisotopic (exact) mass is 177 g/mol. The summed E-state index contributed by atoms with van der Waals surface area (Å²) in [6.45, 7) is 2.48. The summed E-state index contributed by atoms with van der Waals surface area (Å²) in [5, 5.41) is 0. The Bertz CT molecular complexity index is 162. The van der Waals surface area contributed by atoms with Gasteiger partial charge in [-0.15, -0.1) is 0 Å². The van der Waals surface area contributed by atoms with Crippen molar-refractivity contribution in [1.29, 1.82) is 0 Å². The van der Waals surface area contributed by atoms with E-state index < -0.39 is 12.5 Å². The molecule has 2 nitrogen and oxygen atoms in total. The Morgan fingerprint density at radius 2 is 1.83 bits per heavy atom. The van der Waals surface area contributed by atoms with Crippen LogP contribution in [-0.4, -0.2) is 36.2 Å². The van der Waals surface area contributed by atoms with E-state index in [1.165, 1.54) is 6.92 Å². The average Bonchev–Trinajstić information content (AvgIpc) is 2.04. The molecule has 4 heteroatoms. The normalized spacial score (nSPS) is 23.2.